The zero-order valence-electron chi connectivity index (χ0n) is 22.7. The van der Waals surface area contributed by atoms with E-state index in [1.54, 1.807) is 29.8 Å². The van der Waals surface area contributed by atoms with Gasteiger partial charge in [-0.1, -0.05) is 45.0 Å². The van der Waals surface area contributed by atoms with Crippen LogP contribution < -0.4 is 0 Å². The Balaban J connectivity index is 0.000000223. The molecule has 0 aliphatic rings. The van der Waals surface area contributed by atoms with Crippen LogP contribution in [0.5, 0.6) is 0 Å². The predicted octanol–water partition coefficient (Wildman–Crippen LogP) is 9.12. The monoisotopic (exact) mass is 722 g/mol. The van der Waals surface area contributed by atoms with Crippen LogP contribution in [-0.2, 0) is 25.5 Å². The minimum atomic E-state index is -0.233. The van der Waals surface area contributed by atoms with Gasteiger partial charge in [0, 0.05) is 41.1 Å². The van der Waals surface area contributed by atoms with Gasteiger partial charge < -0.3 is 4.98 Å². The van der Waals surface area contributed by atoms with Crippen LogP contribution >= 0.6 is 11.3 Å². The fourth-order valence-corrected chi connectivity index (χ4v) is 5.21. The van der Waals surface area contributed by atoms with Crippen LogP contribution in [-0.4, -0.2) is 15.0 Å². The van der Waals surface area contributed by atoms with Gasteiger partial charge in [0.25, 0.3) is 0 Å². The third-order valence-corrected chi connectivity index (χ3v) is 7.43. The first kappa shape index (κ1) is 29.4. The van der Waals surface area contributed by atoms with E-state index in [-0.39, 0.29) is 31.3 Å². The molecule has 40 heavy (non-hydrogen) atoms. The third kappa shape index (κ3) is 6.95. The number of rotatable bonds is 3. The van der Waals surface area contributed by atoms with E-state index in [4.69, 9.17) is 0 Å². The molecule has 3 heterocycles. The molecule has 3 aromatic carbocycles. The van der Waals surface area contributed by atoms with E-state index in [0.29, 0.717) is 0 Å². The maximum absolute atomic E-state index is 13.2. The van der Waals surface area contributed by atoms with Crippen LogP contribution in [0.3, 0.4) is 0 Å². The molecule has 0 bridgehead atoms. The Kier molecular flexibility index (Phi) is 9.36. The largest absolute Gasteiger partial charge is 0.302 e. The van der Waals surface area contributed by atoms with Gasteiger partial charge >= 0.3 is 0 Å². The van der Waals surface area contributed by atoms with Crippen molar-refractivity contribution >= 4 is 21.6 Å². The smallest absolute Gasteiger partial charge is 0.123 e. The molecule has 3 aromatic heterocycles. The molecule has 0 amide bonds. The first-order valence-corrected chi connectivity index (χ1v) is 13.5. The number of thiophene rings is 1. The molecular formula is C34H28FIrN3S-2. The zero-order valence-corrected chi connectivity index (χ0v) is 25.9. The van der Waals surface area contributed by atoms with E-state index in [9.17, 15) is 4.39 Å². The molecule has 6 rings (SSSR count). The Hall–Kier alpha value is -3.57. The molecule has 0 fully saturated rings. The average Bonchev–Trinajstić information content (AvgIpc) is 3.39. The molecule has 0 aliphatic carbocycles. The number of fused-ring (bicyclic) bond motifs is 1. The van der Waals surface area contributed by atoms with Gasteiger partial charge in [0.05, 0.1) is 5.52 Å². The van der Waals surface area contributed by atoms with Crippen molar-refractivity contribution in [1.29, 1.82) is 0 Å². The third-order valence-electron chi connectivity index (χ3n) is 6.25. The van der Waals surface area contributed by atoms with Gasteiger partial charge in [0.2, 0.25) is 0 Å². The van der Waals surface area contributed by atoms with Gasteiger partial charge in [-0.15, -0.1) is 82.6 Å². The first-order chi connectivity index (χ1) is 18.8. The Labute approximate surface area is 252 Å². The molecule has 0 N–H and O–H groups in total. The summed E-state index contributed by atoms with van der Waals surface area (Å²) >= 11 is 1.62. The van der Waals surface area contributed by atoms with Crippen LogP contribution in [0.25, 0.3) is 43.2 Å². The summed E-state index contributed by atoms with van der Waals surface area (Å²) in [5, 5.41) is 0. The molecule has 0 atom stereocenters. The molecule has 6 aromatic rings. The van der Waals surface area contributed by atoms with Crippen molar-refractivity contribution in [1.82, 2.24) is 15.0 Å². The minimum Gasteiger partial charge on any atom is -0.302 e. The van der Waals surface area contributed by atoms with Crippen molar-refractivity contribution in [3.05, 3.63) is 127 Å². The van der Waals surface area contributed by atoms with E-state index < -0.39 is 0 Å². The topological polar surface area (TPSA) is 38.7 Å². The van der Waals surface area contributed by atoms with E-state index in [1.807, 2.05) is 61.5 Å². The Morgan fingerprint density at radius 3 is 2.27 bits per heavy atom. The summed E-state index contributed by atoms with van der Waals surface area (Å²) in [4.78, 5) is 14.4. The average molecular weight is 722 g/mol. The maximum atomic E-state index is 13.2. The zero-order chi connectivity index (χ0) is 27.4. The van der Waals surface area contributed by atoms with Crippen LogP contribution in [0.15, 0.2) is 97.3 Å². The molecular weight excluding hydrogens is 694 g/mol. The summed E-state index contributed by atoms with van der Waals surface area (Å²) in [7, 11) is 0. The van der Waals surface area contributed by atoms with Gasteiger partial charge in [-0.3, -0.25) is 4.98 Å². The maximum Gasteiger partial charge on any atom is 0.123 e. The first-order valence-electron chi connectivity index (χ1n) is 12.7. The quantitative estimate of drug-likeness (QED) is 0.171. The molecule has 1 radical (unpaired) electrons. The summed E-state index contributed by atoms with van der Waals surface area (Å²) in [5.41, 5.74) is 8.12. The summed E-state index contributed by atoms with van der Waals surface area (Å²) < 4.78 is 14.2. The van der Waals surface area contributed by atoms with Gasteiger partial charge in [0.15, 0.2) is 0 Å². The molecule has 203 valence electrons. The van der Waals surface area contributed by atoms with Crippen molar-refractivity contribution in [2.24, 2.45) is 0 Å². The van der Waals surface area contributed by atoms with E-state index in [1.165, 1.54) is 17.7 Å². The van der Waals surface area contributed by atoms with E-state index >= 15 is 0 Å². The number of aryl methyl sites for hydroxylation is 1. The fraction of sp³-hybridized carbons (Fsp3) is 0.147. The van der Waals surface area contributed by atoms with Crippen LogP contribution in [0.2, 0.25) is 0 Å². The summed E-state index contributed by atoms with van der Waals surface area (Å²) in [6, 6.07) is 35.2. The molecule has 0 saturated carbocycles. The summed E-state index contributed by atoms with van der Waals surface area (Å²) in [6.07, 6.45) is 1.59. The van der Waals surface area contributed by atoms with Gasteiger partial charge in [-0.05, 0) is 47.9 Å². The van der Waals surface area contributed by atoms with Gasteiger partial charge in [0.1, 0.15) is 12.1 Å². The van der Waals surface area contributed by atoms with Crippen molar-refractivity contribution in [2.45, 2.75) is 33.1 Å². The number of halogens is 1. The number of hydrogen-bond donors (Lipinski definition) is 0. The second-order valence-corrected chi connectivity index (χ2v) is 11.3. The molecule has 0 saturated heterocycles. The van der Waals surface area contributed by atoms with Gasteiger partial charge in [-0.2, -0.15) is 0 Å². The van der Waals surface area contributed by atoms with Gasteiger partial charge in [-0.25, -0.2) is 9.37 Å². The Morgan fingerprint density at radius 2 is 1.62 bits per heavy atom. The predicted molar refractivity (Wildman–Crippen MR) is 159 cm³/mol. The fourth-order valence-electron chi connectivity index (χ4n) is 4.09. The van der Waals surface area contributed by atoms with Crippen molar-refractivity contribution in [3.63, 3.8) is 0 Å². The SMILES string of the molecule is CC(C)(C)c1c[c-]c(-c2ncnc3cc(-c4ccc(F)cc4)sc23)cc1.Cc1cccc(-c2[c-]cccc2)n1.[Ir]. The number of nitrogens with zero attached hydrogens (tertiary/aromatic N) is 3. The number of hydrogen-bond acceptors (Lipinski definition) is 4. The van der Waals surface area contributed by atoms with Crippen LogP contribution in [0.1, 0.15) is 32.0 Å². The van der Waals surface area contributed by atoms with E-state index in [2.05, 4.69) is 60.0 Å². The molecule has 0 unspecified atom stereocenters. The molecule has 0 spiro atoms. The Morgan fingerprint density at radius 1 is 0.825 bits per heavy atom. The van der Waals surface area contributed by atoms with Crippen molar-refractivity contribution < 1.29 is 24.5 Å². The van der Waals surface area contributed by atoms with Crippen LogP contribution in [0, 0.1) is 24.9 Å². The van der Waals surface area contributed by atoms with Crippen molar-refractivity contribution in [2.75, 3.05) is 0 Å². The summed E-state index contributed by atoms with van der Waals surface area (Å²) in [5.74, 6) is -0.233. The van der Waals surface area contributed by atoms with E-state index in [0.717, 1.165) is 48.9 Å². The van der Waals surface area contributed by atoms with Crippen LogP contribution in [0.4, 0.5) is 4.39 Å². The number of aromatic nitrogens is 3. The normalized spacial score (nSPS) is 10.9. The number of pyridine rings is 1. The Bertz CT molecular complexity index is 1690. The minimum absolute atomic E-state index is 0. The number of benzene rings is 3. The van der Waals surface area contributed by atoms with Crippen molar-refractivity contribution in [3.8, 4) is 33.0 Å². The molecule has 0 aliphatic heterocycles. The summed E-state index contributed by atoms with van der Waals surface area (Å²) in [6.45, 7) is 8.55. The standard InChI is InChI=1S/C22H18FN2S.C12H10N.Ir/c1-22(2,3)16-8-4-15(5-9-16)20-21-18(24-13-25-20)12-19(26-21)14-6-10-17(23)11-7-14;1-10-6-5-9-12(13-10)11-7-3-2-4-8-11;/h4,6-13H,1-3H3;2-7,9H,1H3;/q2*-1;. The molecule has 3 nitrogen and oxygen atoms in total. The second kappa shape index (κ2) is 12.7. The second-order valence-electron chi connectivity index (χ2n) is 10.2. The molecule has 6 heteroatoms.